The molecule has 0 aromatic rings. The van der Waals surface area contributed by atoms with E-state index >= 15 is 0 Å². The first-order valence-corrected chi connectivity index (χ1v) is 36.3. The first-order valence-electron chi connectivity index (χ1n) is 36.3. The topological polar surface area (TPSA) is 111 Å². The number of ether oxygens (including phenoxy) is 4. The average molecular weight is 1160 g/mol. The summed E-state index contributed by atoms with van der Waals surface area (Å²) in [5.41, 5.74) is 0. The molecular weight excluding hydrogens is 1020 g/mol. The van der Waals surface area contributed by atoms with E-state index < -0.39 is 24.3 Å². The fourth-order valence-electron chi connectivity index (χ4n) is 11.2. The fourth-order valence-corrected chi connectivity index (χ4v) is 11.2. The number of carbonyl (C=O) groups excluding carboxylic acids is 3. The van der Waals surface area contributed by atoms with Crippen molar-refractivity contribution >= 4 is 17.9 Å². The Hall–Kier alpha value is -1.97. The van der Waals surface area contributed by atoms with Gasteiger partial charge in [0.1, 0.15) is 13.2 Å². The van der Waals surface area contributed by atoms with E-state index in [-0.39, 0.29) is 32.2 Å². The molecule has 0 saturated carbocycles. The maximum atomic E-state index is 12.9. The smallest absolute Gasteiger partial charge is 0.306 e. The number of nitrogens with zero attached hydrogens (tertiary/aromatic N) is 1. The van der Waals surface area contributed by atoms with Crippen LogP contribution in [0.25, 0.3) is 0 Å². The van der Waals surface area contributed by atoms with Gasteiger partial charge in [-0.25, -0.2) is 0 Å². The summed E-state index contributed by atoms with van der Waals surface area (Å²) in [6.07, 6.45) is 76.0. The molecule has 0 aromatic carbocycles. The normalized spacial score (nSPS) is 12.6. The van der Waals surface area contributed by atoms with Crippen molar-refractivity contribution in [1.82, 2.24) is 0 Å². The van der Waals surface area contributed by atoms with Gasteiger partial charge in [-0.05, 0) is 38.5 Å². The quantitative estimate of drug-likeness (QED) is 0.0195. The van der Waals surface area contributed by atoms with Crippen LogP contribution in [0, 0.1) is 0 Å². The molecule has 0 radical (unpaired) electrons. The maximum Gasteiger partial charge on any atom is 0.306 e. The number of unbranched alkanes of at least 4 members (excludes halogenated alkanes) is 52. The number of quaternary nitrogens is 1. The van der Waals surface area contributed by atoms with Crippen molar-refractivity contribution in [3.63, 3.8) is 0 Å². The summed E-state index contributed by atoms with van der Waals surface area (Å²) in [5, 5.41) is 11.8. The van der Waals surface area contributed by atoms with Crippen LogP contribution >= 0.6 is 0 Å². The van der Waals surface area contributed by atoms with E-state index in [2.05, 4.69) is 26.0 Å². The Morgan fingerprint density at radius 1 is 0.354 bits per heavy atom. The van der Waals surface area contributed by atoms with E-state index in [1.54, 1.807) is 0 Å². The molecule has 0 heterocycles. The number of esters is 2. The van der Waals surface area contributed by atoms with Gasteiger partial charge in [-0.3, -0.25) is 9.59 Å². The second-order valence-corrected chi connectivity index (χ2v) is 26.2. The zero-order chi connectivity index (χ0) is 59.8. The number of likely N-dealkylation sites (N-methyl/N-ethyl adjacent to an activating group) is 1. The third kappa shape index (κ3) is 65.6. The molecule has 0 spiro atoms. The summed E-state index contributed by atoms with van der Waals surface area (Å²) in [4.78, 5) is 37.5. The van der Waals surface area contributed by atoms with Crippen molar-refractivity contribution < 1.29 is 42.9 Å². The van der Waals surface area contributed by atoms with Gasteiger partial charge >= 0.3 is 11.9 Å². The van der Waals surface area contributed by atoms with Crippen LogP contribution in [0.15, 0.2) is 12.2 Å². The predicted octanol–water partition coefficient (Wildman–Crippen LogP) is 21.1. The van der Waals surface area contributed by atoms with E-state index in [1.165, 1.54) is 315 Å². The number of aliphatic carboxylic acids is 1. The van der Waals surface area contributed by atoms with Gasteiger partial charge in [0.25, 0.3) is 0 Å². The van der Waals surface area contributed by atoms with Crippen molar-refractivity contribution in [3.05, 3.63) is 12.2 Å². The van der Waals surface area contributed by atoms with Crippen LogP contribution in [-0.4, -0.2) is 82.3 Å². The number of carbonyl (C=O) groups is 3. The third-order valence-electron chi connectivity index (χ3n) is 16.8. The van der Waals surface area contributed by atoms with E-state index in [4.69, 9.17) is 18.9 Å². The first kappa shape index (κ1) is 80.0. The molecule has 0 bridgehead atoms. The van der Waals surface area contributed by atoms with Crippen LogP contribution < -0.4 is 5.11 Å². The summed E-state index contributed by atoms with van der Waals surface area (Å²) in [5.74, 6) is -2.25. The first-order chi connectivity index (χ1) is 40.1. The fraction of sp³-hybridized carbons (Fsp3) is 0.932. The Bertz CT molecular complexity index is 1350. The summed E-state index contributed by atoms with van der Waals surface area (Å²) >= 11 is 0. The van der Waals surface area contributed by atoms with Gasteiger partial charge in [0, 0.05) is 12.8 Å². The Morgan fingerprint density at radius 3 is 0.902 bits per heavy atom. The molecule has 9 nitrogen and oxygen atoms in total. The monoisotopic (exact) mass is 1160 g/mol. The van der Waals surface area contributed by atoms with Crippen molar-refractivity contribution in [2.45, 2.75) is 392 Å². The maximum absolute atomic E-state index is 12.9. The minimum atomic E-state index is -1.62. The summed E-state index contributed by atoms with van der Waals surface area (Å²) in [7, 11) is 5.95. The molecule has 0 N–H and O–H groups in total. The molecule has 0 amide bonds. The Morgan fingerprint density at radius 2 is 0.622 bits per heavy atom. The number of hydrogen-bond donors (Lipinski definition) is 0. The van der Waals surface area contributed by atoms with E-state index in [1.807, 2.05) is 21.1 Å². The highest BCUT2D eigenvalue weighted by molar-refractivity contribution is 5.70. The largest absolute Gasteiger partial charge is 0.545 e. The molecule has 0 fully saturated rings. The minimum absolute atomic E-state index is 0.152. The number of hydrogen-bond acceptors (Lipinski definition) is 8. The molecule has 9 heteroatoms. The molecule has 82 heavy (non-hydrogen) atoms. The van der Waals surface area contributed by atoms with Gasteiger partial charge in [-0.2, -0.15) is 0 Å². The van der Waals surface area contributed by atoms with Crippen molar-refractivity contribution in [3.8, 4) is 0 Å². The highest BCUT2D eigenvalue weighted by atomic mass is 16.7. The highest BCUT2D eigenvalue weighted by Crippen LogP contribution is 2.19. The van der Waals surface area contributed by atoms with Gasteiger partial charge in [0.15, 0.2) is 12.4 Å². The summed E-state index contributed by atoms with van der Waals surface area (Å²) in [6.45, 7) is 4.83. The second-order valence-electron chi connectivity index (χ2n) is 26.2. The zero-order valence-electron chi connectivity index (χ0n) is 55.7. The number of carboxylic acid groups (broad SMARTS) is 1. The molecule has 0 aliphatic carbocycles. The van der Waals surface area contributed by atoms with Crippen LogP contribution in [0.1, 0.15) is 380 Å². The molecule has 0 saturated heterocycles. The van der Waals surface area contributed by atoms with E-state index in [9.17, 15) is 19.5 Å². The third-order valence-corrected chi connectivity index (χ3v) is 16.8. The lowest BCUT2D eigenvalue weighted by atomic mass is 10.0. The summed E-state index contributed by atoms with van der Waals surface area (Å²) < 4.78 is 22.8. The van der Waals surface area contributed by atoms with Crippen molar-refractivity contribution in [2.75, 3.05) is 47.5 Å². The Labute approximate surface area is 510 Å². The SMILES string of the molecule is CCCCCCCCCC/C=C\CCCCCCCCCCCCCC(=O)OC(COC(=O)CCCCCCCCCCCCCCCCCCCCCCCCCCCCCCCCCCCC)COC(OCC[N+](C)(C)C)C(=O)[O-]. The summed E-state index contributed by atoms with van der Waals surface area (Å²) in [6, 6.07) is 0. The molecule has 2 atom stereocenters. The Kier molecular flexibility index (Phi) is 63.5. The van der Waals surface area contributed by atoms with Crippen LogP contribution in [0.5, 0.6) is 0 Å². The van der Waals surface area contributed by atoms with Crippen LogP contribution in [0.4, 0.5) is 0 Å². The minimum Gasteiger partial charge on any atom is -0.545 e. The van der Waals surface area contributed by atoms with Gasteiger partial charge in [-0.15, -0.1) is 0 Å². The molecule has 2 unspecified atom stereocenters. The van der Waals surface area contributed by atoms with Gasteiger partial charge in [-0.1, -0.05) is 341 Å². The van der Waals surface area contributed by atoms with Gasteiger partial charge in [0.2, 0.25) is 0 Å². The lowest BCUT2D eigenvalue weighted by molar-refractivity contribution is -0.870. The van der Waals surface area contributed by atoms with Gasteiger partial charge < -0.3 is 33.3 Å². The molecule has 0 aliphatic rings. The van der Waals surface area contributed by atoms with Crippen LogP contribution in [0.3, 0.4) is 0 Å². The van der Waals surface area contributed by atoms with Crippen LogP contribution in [0.2, 0.25) is 0 Å². The lowest BCUT2D eigenvalue weighted by Crippen LogP contribution is -2.44. The van der Waals surface area contributed by atoms with Crippen molar-refractivity contribution in [2.24, 2.45) is 0 Å². The molecule has 486 valence electrons. The molecule has 0 aromatic heterocycles. The predicted molar refractivity (Wildman–Crippen MR) is 348 cm³/mol. The van der Waals surface area contributed by atoms with E-state index in [0.717, 1.165) is 38.5 Å². The lowest BCUT2D eigenvalue weighted by Gasteiger charge is -2.26. The number of allylic oxidation sites excluding steroid dienone is 2. The van der Waals surface area contributed by atoms with Crippen LogP contribution in [-0.2, 0) is 33.3 Å². The van der Waals surface area contributed by atoms with Gasteiger partial charge in [0.05, 0.1) is 40.3 Å². The average Bonchev–Trinajstić information content (AvgIpc) is 3.45. The van der Waals surface area contributed by atoms with E-state index in [0.29, 0.717) is 17.4 Å². The second kappa shape index (κ2) is 65.0. The molecular formula is C73H141NO8. The number of carboxylic acids is 1. The Balaban J connectivity index is 3.99. The highest BCUT2D eigenvalue weighted by Gasteiger charge is 2.22. The standard InChI is InChI=1S/C73H141NO8/c1-6-8-10-12-14-16-18-20-22-24-26-28-30-31-32-33-34-35-36-37-38-39-40-42-43-45-47-49-51-53-55-57-59-61-63-70(75)80-67-69(68-81-73(72(77)78)79-66-65-74(3,4)5)82-71(76)64-62-60-58-56-54-52-50-48-46-44-41-29-27-25-23-21-19-17-15-13-11-9-7-2/h25,27,69,73H,6-24,26,28-68H2,1-5H3/b27-25-. The van der Waals surface area contributed by atoms with Crippen molar-refractivity contribution in [1.29, 1.82) is 0 Å². The number of rotatable bonds is 69. The zero-order valence-corrected chi connectivity index (χ0v) is 55.7. The molecule has 0 rings (SSSR count). The molecule has 0 aliphatic heterocycles.